The quantitative estimate of drug-likeness (QED) is 0.838. The second-order valence-electron chi connectivity index (χ2n) is 5.04. The topological polar surface area (TPSA) is 40.7 Å². The van der Waals surface area contributed by atoms with Crippen LogP contribution in [0.25, 0.3) is 11.3 Å². The largest absolute Gasteiger partial charge is 0.382 e. The summed E-state index contributed by atoms with van der Waals surface area (Å²) in [6.45, 7) is 2.26. The summed E-state index contributed by atoms with van der Waals surface area (Å²) in [5.41, 5.74) is 3.46. The van der Waals surface area contributed by atoms with Gasteiger partial charge in [-0.1, -0.05) is 19.1 Å². The Morgan fingerprint density at radius 2 is 2.06 bits per heavy atom. The van der Waals surface area contributed by atoms with Gasteiger partial charge in [-0.05, 0) is 48.9 Å². The molecule has 0 spiro atoms. The first-order chi connectivity index (χ1) is 8.86. The number of H-pyrrole nitrogens is 1. The van der Waals surface area contributed by atoms with E-state index in [1.165, 1.54) is 30.5 Å². The van der Waals surface area contributed by atoms with Gasteiger partial charge in [-0.2, -0.15) is 5.10 Å². The lowest BCUT2D eigenvalue weighted by Gasteiger charge is -2.17. The van der Waals surface area contributed by atoms with Crippen LogP contribution >= 0.6 is 0 Å². The van der Waals surface area contributed by atoms with Gasteiger partial charge in [-0.3, -0.25) is 5.10 Å². The smallest absolute Gasteiger partial charge is 0.0650 e. The number of rotatable bonds is 5. The second-order valence-corrected chi connectivity index (χ2v) is 5.04. The molecule has 3 heteroatoms. The van der Waals surface area contributed by atoms with Crippen LogP contribution in [-0.2, 0) is 0 Å². The number of aromatic nitrogens is 2. The van der Waals surface area contributed by atoms with Crippen LogP contribution in [0.3, 0.4) is 0 Å². The Balaban J connectivity index is 1.70. The zero-order chi connectivity index (χ0) is 12.4. The predicted molar refractivity (Wildman–Crippen MR) is 74.4 cm³/mol. The Kier molecular flexibility index (Phi) is 3.05. The molecule has 1 fully saturated rings. The lowest BCUT2D eigenvalue weighted by Crippen LogP contribution is -2.20. The Bertz CT molecular complexity index is 483. The SMILES string of the molecule is CCC(Nc1ccc(-c2ccn[nH]2)cc1)C1CC1. The van der Waals surface area contributed by atoms with Crippen LogP contribution < -0.4 is 5.32 Å². The number of nitrogens with zero attached hydrogens (tertiary/aromatic N) is 1. The number of aromatic amines is 1. The Morgan fingerprint density at radius 1 is 1.28 bits per heavy atom. The maximum Gasteiger partial charge on any atom is 0.0650 e. The first kappa shape index (κ1) is 11.3. The highest BCUT2D eigenvalue weighted by Gasteiger charge is 2.29. The molecule has 0 saturated heterocycles. The Labute approximate surface area is 108 Å². The number of benzene rings is 1. The van der Waals surface area contributed by atoms with E-state index in [1.54, 1.807) is 6.20 Å². The lowest BCUT2D eigenvalue weighted by molar-refractivity contribution is 0.616. The first-order valence-corrected chi connectivity index (χ1v) is 6.73. The molecule has 3 nitrogen and oxygen atoms in total. The van der Waals surface area contributed by atoms with Gasteiger partial charge < -0.3 is 5.32 Å². The monoisotopic (exact) mass is 241 g/mol. The van der Waals surface area contributed by atoms with E-state index in [2.05, 4.69) is 46.7 Å². The molecule has 1 saturated carbocycles. The highest BCUT2D eigenvalue weighted by atomic mass is 15.1. The van der Waals surface area contributed by atoms with Crippen LogP contribution in [0, 0.1) is 5.92 Å². The predicted octanol–water partition coefficient (Wildman–Crippen LogP) is 3.68. The van der Waals surface area contributed by atoms with Gasteiger partial charge in [0.05, 0.1) is 5.69 Å². The number of hydrogen-bond acceptors (Lipinski definition) is 2. The molecule has 0 aliphatic heterocycles. The molecule has 1 aliphatic rings. The van der Waals surface area contributed by atoms with Crippen molar-refractivity contribution in [1.82, 2.24) is 10.2 Å². The third-order valence-electron chi connectivity index (χ3n) is 3.68. The van der Waals surface area contributed by atoms with Crippen molar-refractivity contribution in [3.8, 4) is 11.3 Å². The molecule has 0 radical (unpaired) electrons. The van der Waals surface area contributed by atoms with Crippen molar-refractivity contribution >= 4 is 5.69 Å². The maximum atomic E-state index is 3.97. The van der Waals surface area contributed by atoms with Crippen molar-refractivity contribution in [3.63, 3.8) is 0 Å². The van der Waals surface area contributed by atoms with E-state index in [0.717, 1.165) is 11.6 Å². The van der Waals surface area contributed by atoms with E-state index in [1.807, 2.05) is 6.07 Å². The molecule has 1 unspecified atom stereocenters. The molecule has 1 aliphatic carbocycles. The summed E-state index contributed by atoms with van der Waals surface area (Å²) in [5.74, 6) is 0.891. The fourth-order valence-corrected chi connectivity index (χ4v) is 2.43. The van der Waals surface area contributed by atoms with Crippen LogP contribution in [0.15, 0.2) is 36.5 Å². The van der Waals surface area contributed by atoms with Crippen LogP contribution in [-0.4, -0.2) is 16.2 Å². The van der Waals surface area contributed by atoms with Gasteiger partial charge in [-0.25, -0.2) is 0 Å². The molecule has 1 aromatic carbocycles. The van der Waals surface area contributed by atoms with Crippen LogP contribution in [0.4, 0.5) is 5.69 Å². The zero-order valence-electron chi connectivity index (χ0n) is 10.7. The molecular weight excluding hydrogens is 222 g/mol. The minimum atomic E-state index is 0.642. The molecular formula is C15H19N3. The van der Waals surface area contributed by atoms with Crippen LogP contribution in [0.2, 0.25) is 0 Å². The summed E-state index contributed by atoms with van der Waals surface area (Å²) in [5, 5.41) is 10.6. The zero-order valence-corrected chi connectivity index (χ0v) is 10.7. The summed E-state index contributed by atoms with van der Waals surface area (Å²) < 4.78 is 0. The summed E-state index contributed by atoms with van der Waals surface area (Å²) in [6, 6.07) is 11.2. The van der Waals surface area contributed by atoms with Crippen molar-refractivity contribution < 1.29 is 0 Å². The van der Waals surface area contributed by atoms with E-state index >= 15 is 0 Å². The molecule has 2 N–H and O–H groups in total. The molecule has 18 heavy (non-hydrogen) atoms. The van der Waals surface area contributed by atoms with E-state index in [0.29, 0.717) is 6.04 Å². The van der Waals surface area contributed by atoms with Crippen molar-refractivity contribution in [2.45, 2.75) is 32.2 Å². The second kappa shape index (κ2) is 4.84. The Hall–Kier alpha value is -1.77. The molecule has 0 amide bonds. The van der Waals surface area contributed by atoms with Crippen LogP contribution in [0.1, 0.15) is 26.2 Å². The first-order valence-electron chi connectivity index (χ1n) is 6.73. The molecule has 1 atom stereocenters. The highest BCUT2D eigenvalue weighted by molar-refractivity contribution is 5.62. The van der Waals surface area contributed by atoms with Gasteiger partial charge >= 0.3 is 0 Å². The van der Waals surface area contributed by atoms with Gasteiger partial charge in [0.2, 0.25) is 0 Å². The minimum absolute atomic E-state index is 0.642. The van der Waals surface area contributed by atoms with Gasteiger partial charge in [-0.15, -0.1) is 0 Å². The lowest BCUT2D eigenvalue weighted by atomic mass is 10.1. The van der Waals surface area contributed by atoms with Gasteiger partial charge in [0.1, 0.15) is 0 Å². The van der Waals surface area contributed by atoms with Gasteiger partial charge in [0.15, 0.2) is 0 Å². The van der Waals surface area contributed by atoms with Crippen molar-refractivity contribution in [2.75, 3.05) is 5.32 Å². The van der Waals surface area contributed by atoms with Crippen molar-refractivity contribution in [1.29, 1.82) is 0 Å². The average Bonchev–Trinajstić information content (AvgIpc) is 3.11. The molecule has 2 aromatic rings. The minimum Gasteiger partial charge on any atom is -0.382 e. The average molecular weight is 241 g/mol. The third-order valence-corrected chi connectivity index (χ3v) is 3.68. The highest BCUT2D eigenvalue weighted by Crippen LogP contribution is 2.35. The van der Waals surface area contributed by atoms with Gasteiger partial charge in [0, 0.05) is 17.9 Å². The standard InChI is InChI=1S/C15H19N3/c1-2-14(11-3-4-11)17-13-7-5-12(6-8-13)15-9-10-16-18-15/h5-11,14,17H,2-4H2,1H3,(H,16,18). The molecule has 1 heterocycles. The molecule has 3 rings (SSSR count). The third kappa shape index (κ3) is 2.40. The molecule has 94 valence electrons. The number of hydrogen-bond donors (Lipinski definition) is 2. The fourth-order valence-electron chi connectivity index (χ4n) is 2.43. The summed E-state index contributed by atoms with van der Waals surface area (Å²) in [4.78, 5) is 0. The molecule has 1 aromatic heterocycles. The number of anilines is 1. The normalized spacial score (nSPS) is 16.5. The Morgan fingerprint density at radius 3 is 2.61 bits per heavy atom. The van der Waals surface area contributed by atoms with E-state index in [4.69, 9.17) is 0 Å². The van der Waals surface area contributed by atoms with E-state index in [9.17, 15) is 0 Å². The number of nitrogens with one attached hydrogen (secondary N) is 2. The van der Waals surface area contributed by atoms with Crippen molar-refractivity contribution in [3.05, 3.63) is 36.5 Å². The maximum absolute atomic E-state index is 3.97. The fraction of sp³-hybridized carbons (Fsp3) is 0.400. The van der Waals surface area contributed by atoms with Crippen molar-refractivity contribution in [2.24, 2.45) is 5.92 Å². The van der Waals surface area contributed by atoms with Gasteiger partial charge in [0.25, 0.3) is 0 Å². The summed E-state index contributed by atoms with van der Waals surface area (Å²) >= 11 is 0. The van der Waals surface area contributed by atoms with Crippen LogP contribution in [0.5, 0.6) is 0 Å². The molecule has 0 bridgehead atoms. The summed E-state index contributed by atoms with van der Waals surface area (Å²) in [7, 11) is 0. The summed E-state index contributed by atoms with van der Waals surface area (Å²) in [6.07, 6.45) is 5.75. The van der Waals surface area contributed by atoms with E-state index in [-0.39, 0.29) is 0 Å². The van der Waals surface area contributed by atoms with E-state index < -0.39 is 0 Å².